The molecule has 2 aliphatic heterocycles. The minimum atomic E-state index is -0.0639. The van der Waals surface area contributed by atoms with Crippen LogP contribution in [0.15, 0.2) is 53.6 Å². The van der Waals surface area contributed by atoms with E-state index in [0.29, 0.717) is 0 Å². The number of fused-ring (bicyclic) bond motifs is 3. The van der Waals surface area contributed by atoms with Gasteiger partial charge in [0.1, 0.15) is 6.17 Å². The molecule has 0 spiro atoms. The van der Waals surface area contributed by atoms with Gasteiger partial charge in [-0.3, -0.25) is 9.80 Å². The maximum Gasteiger partial charge on any atom is 0.221 e. The first-order valence-corrected chi connectivity index (χ1v) is 8.42. The van der Waals surface area contributed by atoms with Crippen LogP contribution in [0.1, 0.15) is 24.2 Å². The van der Waals surface area contributed by atoms with Gasteiger partial charge in [0.05, 0.1) is 6.54 Å². The molecule has 2 aliphatic rings. The van der Waals surface area contributed by atoms with Crippen molar-refractivity contribution in [2.75, 3.05) is 30.8 Å². The van der Waals surface area contributed by atoms with Crippen molar-refractivity contribution in [2.45, 2.75) is 13.1 Å². The molecule has 0 saturated carbocycles. The molecule has 2 aromatic carbocycles. The minimum Gasteiger partial charge on any atom is -0.361 e. The van der Waals surface area contributed by atoms with Gasteiger partial charge in [-0.25, -0.2) is 0 Å². The number of hydrazone groups is 1. The molecule has 2 heterocycles. The number of rotatable bonds is 2. The van der Waals surface area contributed by atoms with Crippen LogP contribution >= 0.6 is 0 Å². The molecule has 1 unspecified atom stereocenters. The summed E-state index contributed by atoms with van der Waals surface area (Å²) in [6, 6.07) is 16.2. The summed E-state index contributed by atoms with van der Waals surface area (Å²) in [4.78, 5) is 13.5. The van der Waals surface area contributed by atoms with Crippen molar-refractivity contribution in [3.63, 3.8) is 0 Å². The average Bonchev–Trinajstić information content (AvgIpc) is 2.61. The van der Waals surface area contributed by atoms with E-state index >= 15 is 0 Å². The summed E-state index contributed by atoms with van der Waals surface area (Å²) in [6.45, 7) is 3.29. The Morgan fingerprint density at radius 3 is 2.68 bits per heavy atom. The predicted molar refractivity (Wildman–Crippen MR) is 99.4 cm³/mol. The molecule has 0 bridgehead atoms. The molecule has 0 saturated heterocycles. The summed E-state index contributed by atoms with van der Waals surface area (Å²) in [6.07, 6.45) is 0.0220. The van der Waals surface area contributed by atoms with E-state index in [1.807, 2.05) is 48.5 Å². The Bertz CT molecular complexity index is 830. The van der Waals surface area contributed by atoms with Crippen molar-refractivity contribution in [3.8, 4) is 0 Å². The second-order valence-corrected chi connectivity index (χ2v) is 6.39. The highest BCUT2D eigenvalue weighted by Gasteiger charge is 2.33. The third kappa shape index (κ3) is 2.91. The summed E-state index contributed by atoms with van der Waals surface area (Å²) in [5, 5.41) is 13.2. The van der Waals surface area contributed by atoms with Crippen molar-refractivity contribution in [1.29, 1.82) is 0 Å². The zero-order valence-corrected chi connectivity index (χ0v) is 14.4. The topological polar surface area (TPSA) is 60.0 Å². The molecule has 2 N–H and O–H groups in total. The number of anilines is 2. The second kappa shape index (κ2) is 6.12. The van der Waals surface area contributed by atoms with E-state index in [1.165, 1.54) is 6.92 Å². The number of benzene rings is 2. The SMILES string of the molecule is CC(=O)Nc1ccc(C2Nc3ccccc3C3=NN(C)CCN32)cc1. The van der Waals surface area contributed by atoms with Crippen molar-refractivity contribution in [1.82, 2.24) is 9.91 Å². The highest BCUT2D eigenvalue weighted by atomic mass is 16.1. The van der Waals surface area contributed by atoms with Gasteiger partial charge in [-0.2, -0.15) is 5.10 Å². The zero-order valence-electron chi connectivity index (χ0n) is 14.4. The fourth-order valence-electron chi connectivity index (χ4n) is 3.33. The van der Waals surface area contributed by atoms with Gasteiger partial charge < -0.3 is 15.5 Å². The fraction of sp³-hybridized carbons (Fsp3) is 0.263. The first-order valence-electron chi connectivity index (χ1n) is 8.42. The summed E-state index contributed by atoms with van der Waals surface area (Å²) in [5.41, 5.74) is 4.16. The molecule has 0 aliphatic carbocycles. The molecule has 1 atom stereocenters. The summed E-state index contributed by atoms with van der Waals surface area (Å²) in [7, 11) is 2.01. The number of nitrogens with zero attached hydrogens (tertiary/aromatic N) is 3. The Balaban J connectivity index is 1.71. The van der Waals surface area contributed by atoms with E-state index in [0.717, 1.165) is 41.4 Å². The van der Waals surface area contributed by atoms with Crippen molar-refractivity contribution in [3.05, 3.63) is 59.7 Å². The summed E-state index contributed by atoms with van der Waals surface area (Å²) >= 11 is 0. The minimum absolute atomic E-state index is 0.0220. The van der Waals surface area contributed by atoms with Crippen LogP contribution in [-0.4, -0.2) is 41.8 Å². The van der Waals surface area contributed by atoms with E-state index in [2.05, 4.69) is 27.7 Å². The smallest absolute Gasteiger partial charge is 0.221 e. The Kier molecular flexibility index (Phi) is 3.80. The van der Waals surface area contributed by atoms with Crippen LogP contribution in [0.3, 0.4) is 0 Å². The quantitative estimate of drug-likeness (QED) is 0.886. The molecular formula is C19H21N5O. The maximum absolute atomic E-state index is 11.2. The van der Waals surface area contributed by atoms with Crippen LogP contribution in [0.5, 0.6) is 0 Å². The number of amides is 1. The number of nitrogens with one attached hydrogen (secondary N) is 2. The lowest BCUT2D eigenvalue weighted by Crippen LogP contribution is -2.49. The Hall–Kier alpha value is -3.02. The lowest BCUT2D eigenvalue weighted by Gasteiger charge is -2.43. The zero-order chi connectivity index (χ0) is 17.4. The van der Waals surface area contributed by atoms with Crippen molar-refractivity contribution >= 4 is 23.1 Å². The van der Waals surface area contributed by atoms with Crippen LogP contribution in [0.2, 0.25) is 0 Å². The third-order valence-corrected chi connectivity index (χ3v) is 4.52. The van der Waals surface area contributed by atoms with Gasteiger partial charge in [-0.15, -0.1) is 0 Å². The molecule has 1 amide bonds. The summed E-state index contributed by atoms with van der Waals surface area (Å²) in [5.74, 6) is 0.935. The van der Waals surface area contributed by atoms with Crippen LogP contribution in [0, 0.1) is 0 Å². The molecule has 4 rings (SSSR count). The highest BCUT2D eigenvalue weighted by Crippen LogP contribution is 2.34. The second-order valence-electron chi connectivity index (χ2n) is 6.39. The normalized spacial score (nSPS) is 18.6. The largest absolute Gasteiger partial charge is 0.361 e. The van der Waals surface area contributed by atoms with Gasteiger partial charge in [-0.05, 0) is 29.8 Å². The maximum atomic E-state index is 11.2. The number of likely N-dealkylation sites (N-methyl/N-ethyl adjacent to an activating group) is 1. The van der Waals surface area contributed by atoms with Crippen LogP contribution < -0.4 is 10.6 Å². The molecule has 0 radical (unpaired) electrons. The van der Waals surface area contributed by atoms with Crippen LogP contribution in [-0.2, 0) is 4.79 Å². The van der Waals surface area contributed by atoms with E-state index in [-0.39, 0.29) is 12.1 Å². The van der Waals surface area contributed by atoms with Crippen molar-refractivity contribution < 1.29 is 4.79 Å². The molecule has 6 nitrogen and oxygen atoms in total. The standard InChI is InChI=1S/C19H21N5O/c1-13(25)20-15-9-7-14(8-10-15)18-21-17-6-4-3-5-16(17)19-22-23(2)11-12-24(18)19/h3-10,18,21H,11-12H2,1-2H3,(H,20,25). The number of hydrogen-bond donors (Lipinski definition) is 2. The molecule has 25 heavy (non-hydrogen) atoms. The Labute approximate surface area is 147 Å². The van der Waals surface area contributed by atoms with Gasteiger partial charge in [0.25, 0.3) is 0 Å². The first-order chi connectivity index (χ1) is 12.1. The van der Waals surface area contributed by atoms with E-state index in [4.69, 9.17) is 5.10 Å². The van der Waals surface area contributed by atoms with Gasteiger partial charge >= 0.3 is 0 Å². The molecule has 6 heteroatoms. The Morgan fingerprint density at radius 2 is 1.92 bits per heavy atom. The van der Waals surface area contributed by atoms with Gasteiger partial charge in [0.2, 0.25) is 5.91 Å². The molecule has 2 aromatic rings. The monoisotopic (exact) mass is 335 g/mol. The van der Waals surface area contributed by atoms with Gasteiger partial charge in [0.15, 0.2) is 5.84 Å². The first kappa shape index (κ1) is 15.5. The number of carbonyl (C=O) groups is 1. The molecule has 0 aromatic heterocycles. The molecular weight excluding hydrogens is 314 g/mol. The van der Waals surface area contributed by atoms with Gasteiger partial charge in [0, 0.05) is 37.5 Å². The fourth-order valence-corrected chi connectivity index (χ4v) is 3.33. The molecule has 128 valence electrons. The lowest BCUT2D eigenvalue weighted by atomic mass is 10.0. The predicted octanol–water partition coefficient (Wildman–Crippen LogP) is 2.68. The average molecular weight is 335 g/mol. The Morgan fingerprint density at radius 1 is 1.16 bits per heavy atom. The number of hydrogen-bond acceptors (Lipinski definition) is 5. The number of carbonyl (C=O) groups excluding carboxylic acids is 1. The van der Waals surface area contributed by atoms with Crippen LogP contribution in [0.25, 0.3) is 0 Å². The number of para-hydroxylation sites is 1. The lowest BCUT2D eigenvalue weighted by molar-refractivity contribution is -0.114. The highest BCUT2D eigenvalue weighted by molar-refractivity contribution is 6.05. The van der Waals surface area contributed by atoms with Gasteiger partial charge in [-0.1, -0.05) is 24.3 Å². The number of amidine groups is 1. The van der Waals surface area contributed by atoms with E-state index in [9.17, 15) is 4.79 Å². The van der Waals surface area contributed by atoms with Crippen LogP contribution in [0.4, 0.5) is 11.4 Å². The summed E-state index contributed by atoms with van der Waals surface area (Å²) < 4.78 is 0. The van der Waals surface area contributed by atoms with E-state index in [1.54, 1.807) is 0 Å². The van der Waals surface area contributed by atoms with Crippen molar-refractivity contribution in [2.24, 2.45) is 5.10 Å². The molecule has 0 fully saturated rings. The van der Waals surface area contributed by atoms with E-state index < -0.39 is 0 Å². The third-order valence-electron chi connectivity index (χ3n) is 4.52.